The van der Waals surface area contributed by atoms with Crippen molar-refractivity contribution in [3.63, 3.8) is 0 Å². The summed E-state index contributed by atoms with van der Waals surface area (Å²) in [5.74, 6) is -1.34. The minimum absolute atomic E-state index is 0.205. The van der Waals surface area contributed by atoms with Crippen molar-refractivity contribution in [2.24, 2.45) is 0 Å². The van der Waals surface area contributed by atoms with E-state index in [1.807, 2.05) is 48.5 Å². The minimum atomic E-state index is -3.69. The fraction of sp³-hybridized carbons (Fsp3) is 0.263. The number of rotatable bonds is 6. The summed E-state index contributed by atoms with van der Waals surface area (Å²) >= 11 is 0. The molecule has 0 saturated carbocycles. The Morgan fingerprint density at radius 1 is 0.917 bits per heavy atom. The summed E-state index contributed by atoms with van der Waals surface area (Å²) in [5.41, 5.74) is 0.592. The molecule has 0 fully saturated rings. The molecule has 0 unspecified atom stereocenters. The average molecular weight is 344 g/mol. The molecule has 0 spiro atoms. The van der Waals surface area contributed by atoms with Crippen LogP contribution in [0.4, 0.5) is 0 Å². The first kappa shape index (κ1) is 17.1. The van der Waals surface area contributed by atoms with Crippen LogP contribution < -0.4 is 0 Å². The van der Waals surface area contributed by atoms with Crippen molar-refractivity contribution in [3.05, 3.63) is 60.2 Å². The van der Waals surface area contributed by atoms with Gasteiger partial charge in [0.25, 0.3) is 0 Å². The van der Waals surface area contributed by atoms with Gasteiger partial charge in [0.05, 0.1) is 13.2 Å². The maximum atomic E-state index is 13.1. The molecule has 5 heteroatoms. The largest absolute Gasteiger partial charge is 0.376 e. The normalized spacial score (nSPS) is 13.5. The second-order valence-electron chi connectivity index (χ2n) is 5.48. The summed E-state index contributed by atoms with van der Waals surface area (Å²) in [6, 6.07) is 17.5. The molecule has 0 heterocycles. The van der Waals surface area contributed by atoms with Crippen molar-refractivity contribution in [1.82, 2.24) is 0 Å². The zero-order valence-electron chi connectivity index (χ0n) is 13.8. The highest BCUT2D eigenvalue weighted by atomic mass is 31.2. The number of hydrogen-bond donors (Lipinski definition) is 1. The van der Waals surface area contributed by atoms with Crippen molar-refractivity contribution < 1.29 is 18.7 Å². The van der Waals surface area contributed by atoms with Crippen LogP contribution in [0.25, 0.3) is 21.5 Å². The summed E-state index contributed by atoms with van der Waals surface area (Å²) < 4.78 is 23.8. The predicted molar refractivity (Wildman–Crippen MR) is 97.3 cm³/mol. The third-order valence-electron chi connectivity index (χ3n) is 3.99. The molecule has 4 nitrogen and oxygen atoms in total. The quantitative estimate of drug-likeness (QED) is 0.490. The van der Waals surface area contributed by atoms with Crippen molar-refractivity contribution in [3.8, 4) is 0 Å². The molecule has 24 heavy (non-hydrogen) atoms. The molecular formula is C19H21O4P. The molecule has 0 amide bonds. The highest BCUT2D eigenvalue weighted by Crippen LogP contribution is 2.61. The third-order valence-corrected chi connectivity index (χ3v) is 6.08. The van der Waals surface area contributed by atoms with Crippen LogP contribution in [0.5, 0.6) is 0 Å². The highest BCUT2D eigenvalue weighted by Gasteiger charge is 2.37. The molecule has 3 aromatic rings. The Labute approximate surface area is 141 Å². The second-order valence-corrected chi connectivity index (χ2v) is 7.57. The van der Waals surface area contributed by atoms with Crippen LogP contribution in [-0.2, 0) is 13.6 Å². The molecule has 0 bridgehead atoms. The fourth-order valence-electron chi connectivity index (χ4n) is 3.02. The molecule has 0 radical (unpaired) electrons. The van der Waals surface area contributed by atoms with Gasteiger partial charge in [-0.25, -0.2) is 0 Å². The second kappa shape index (κ2) is 7.04. The summed E-state index contributed by atoms with van der Waals surface area (Å²) in [4.78, 5) is 0. The Bertz CT molecular complexity index is 842. The zero-order valence-corrected chi connectivity index (χ0v) is 14.7. The molecule has 126 valence electrons. The van der Waals surface area contributed by atoms with Crippen LogP contribution in [0.1, 0.15) is 25.3 Å². The van der Waals surface area contributed by atoms with Crippen LogP contribution in [0, 0.1) is 0 Å². The molecule has 0 aliphatic heterocycles. The molecule has 0 saturated heterocycles. The van der Waals surface area contributed by atoms with Crippen LogP contribution in [0.15, 0.2) is 54.6 Å². The minimum Gasteiger partial charge on any atom is -0.376 e. The Morgan fingerprint density at radius 3 is 1.83 bits per heavy atom. The van der Waals surface area contributed by atoms with Gasteiger partial charge in [0, 0.05) is 5.56 Å². The lowest BCUT2D eigenvalue weighted by Gasteiger charge is -2.24. The van der Waals surface area contributed by atoms with Gasteiger partial charge in [-0.15, -0.1) is 0 Å². The predicted octanol–water partition coefficient (Wildman–Crippen LogP) is 5.25. The maximum absolute atomic E-state index is 13.1. The van der Waals surface area contributed by atoms with E-state index in [0.717, 1.165) is 21.5 Å². The zero-order chi connectivity index (χ0) is 17.2. The molecule has 0 aliphatic carbocycles. The standard InChI is InChI=1S/C19H21O4P/c1-3-22-24(21,23-4-2)19(20)18-16-11-7-5-9-14(16)13-15-10-6-8-12-17(15)18/h5-13,19-20H,3-4H2,1-2H3/t19-/m0/s1. The van der Waals surface area contributed by atoms with Crippen molar-refractivity contribution in [2.45, 2.75) is 19.7 Å². The van der Waals surface area contributed by atoms with Crippen LogP contribution in [0.3, 0.4) is 0 Å². The van der Waals surface area contributed by atoms with Gasteiger partial charge < -0.3 is 14.2 Å². The molecule has 3 rings (SSSR count). The molecule has 3 aromatic carbocycles. The SMILES string of the molecule is CCOP(=O)(OCC)[C@H](O)c1c2ccccc2cc2ccccc12. The van der Waals surface area contributed by atoms with E-state index in [2.05, 4.69) is 6.07 Å². The Kier molecular flexibility index (Phi) is 5.02. The fourth-order valence-corrected chi connectivity index (χ4v) is 4.69. The van der Waals surface area contributed by atoms with Crippen LogP contribution in [-0.4, -0.2) is 18.3 Å². The molecular weight excluding hydrogens is 323 g/mol. The lowest BCUT2D eigenvalue weighted by Crippen LogP contribution is -2.07. The maximum Gasteiger partial charge on any atom is 0.363 e. The molecule has 1 N–H and O–H groups in total. The summed E-state index contributed by atoms with van der Waals surface area (Å²) in [7, 11) is -3.69. The first-order valence-electron chi connectivity index (χ1n) is 8.08. The number of benzene rings is 3. The van der Waals surface area contributed by atoms with Crippen LogP contribution >= 0.6 is 7.60 Å². The Balaban J connectivity index is 2.31. The van der Waals surface area contributed by atoms with Gasteiger partial charge >= 0.3 is 7.60 Å². The van der Waals surface area contributed by atoms with E-state index in [0.29, 0.717) is 5.56 Å². The molecule has 1 atom stereocenters. The lowest BCUT2D eigenvalue weighted by atomic mass is 9.97. The topological polar surface area (TPSA) is 55.8 Å². The number of fused-ring (bicyclic) bond motifs is 2. The smallest absolute Gasteiger partial charge is 0.363 e. The molecule has 0 aliphatic rings. The van der Waals surface area contributed by atoms with E-state index in [4.69, 9.17) is 9.05 Å². The van der Waals surface area contributed by atoms with Gasteiger partial charge in [0.2, 0.25) is 0 Å². The van der Waals surface area contributed by atoms with Gasteiger partial charge in [-0.05, 0) is 41.5 Å². The monoisotopic (exact) mass is 344 g/mol. The molecule has 0 aromatic heterocycles. The van der Waals surface area contributed by atoms with Gasteiger partial charge in [0.15, 0.2) is 5.85 Å². The summed E-state index contributed by atoms with van der Waals surface area (Å²) in [5, 5.41) is 14.6. The summed E-state index contributed by atoms with van der Waals surface area (Å²) in [6.45, 7) is 3.88. The van der Waals surface area contributed by atoms with E-state index in [-0.39, 0.29) is 13.2 Å². The highest BCUT2D eigenvalue weighted by molar-refractivity contribution is 7.54. The van der Waals surface area contributed by atoms with Crippen molar-refractivity contribution in [1.29, 1.82) is 0 Å². The lowest BCUT2D eigenvalue weighted by molar-refractivity contribution is 0.151. The van der Waals surface area contributed by atoms with E-state index >= 15 is 0 Å². The average Bonchev–Trinajstić information content (AvgIpc) is 2.59. The summed E-state index contributed by atoms with van der Waals surface area (Å²) in [6.07, 6.45) is 0. The van der Waals surface area contributed by atoms with E-state index in [1.165, 1.54) is 0 Å². The third kappa shape index (κ3) is 2.99. The van der Waals surface area contributed by atoms with Gasteiger partial charge in [-0.1, -0.05) is 48.5 Å². The van der Waals surface area contributed by atoms with Crippen molar-refractivity contribution in [2.75, 3.05) is 13.2 Å². The van der Waals surface area contributed by atoms with E-state index in [1.54, 1.807) is 13.8 Å². The van der Waals surface area contributed by atoms with E-state index in [9.17, 15) is 9.67 Å². The first-order chi connectivity index (χ1) is 11.6. The van der Waals surface area contributed by atoms with Crippen LogP contribution in [0.2, 0.25) is 0 Å². The number of aliphatic hydroxyl groups is 1. The number of hydrogen-bond acceptors (Lipinski definition) is 4. The van der Waals surface area contributed by atoms with E-state index < -0.39 is 13.4 Å². The number of aliphatic hydroxyl groups excluding tert-OH is 1. The van der Waals surface area contributed by atoms with Gasteiger partial charge in [-0.3, -0.25) is 4.57 Å². The Morgan fingerprint density at radius 2 is 1.38 bits per heavy atom. The Hall–Kier alpha value is -1.71. The first-order valence-corrected chi connectivity index (χ1v) is 9.69. The van der Waals surface area contributed by atoms with Gasteiger partial charge in [-0.2, -0.15) is 0 Å². The van der Waals surface area contributed by atoms with Gasteiger partial charge in [0.1, 0.15) is 0 Å². The van der Waals surface area contributed by atoms with Crippen molar-refractivity contribution >= 4 is 29.1 Å².